The van der Waals surface area contributed by atoms with Crippen molar-refractivity contribution in [2.45, 2.75) is 5.25 Å². The summed E-state index contributed by atoms with van der Waals surface area (Å²) in [6.45, 7) is 2.11. The van der Waals surface area contributed by atoms with Crippen LogP contribution in [0.15, 0.2) is 0 Å². The Morgan fingerprint density at radius 1 is 1.50 bits per heavy atom. The Morgan fingerprint density at radius 3 is 2.70 bits per heavy atom. The maximum absolute atomic E-state index is 4.60. The van der Waals surface area contributed by atoms with Gasteiger partial charge in [0.2, 0.25) is 0 Å². The minimum absolute atomic E-state index is 0.528. The zero-order valence-electron chi connectivity index (χ0n) is 6.07. The third-order valence-corrected chi connectivity index (χ3v) is 2.01. The van der Waals surface area contributed by atoms with Gasteiger partial charge in [-0.25, -0.2) is 4.89 Å². The minimum Gasteiger partial charge on any atom is -0.304 e. The summed E-state index contributed by atoms with van der Waals surface area (Å²) in [6.07, 6.45) is 0. The zero-order valence-corrected chi connectivity index (χ0v) is 6.89. The molecule has 0 aromatic rings. The third kappa shape index (κ3) is 2.43. The molecule has 0 amide bonds. The molecular formula is C5H11NO3S. The summed E-state index contributed by atoms with van der Waals surface area (Å²) in [7, 11) is 3.47. The van der Waals surface area contributed by atoms with E-state index in [0.29, 0.717) is 5.25 Å². The number of hydrogen-bond acceptors (Lipinski definition) is 5. The summed E-state index contributed by atoms with van der Waals surface area (Å²) in [4.78, 5) is 6.43. The van der Waals surface area contributed by atoms with Gasteiger partial charge in [0.1, 0.15) is 0 Å². The summed E-state index contributed by atoms with van der Waals surface area (Å²) in [5.74, 6) is 0. The second kappa shape index (κ2) is 4.15. The first-order chi connectivity index (χ1) is 4.83. The normalized spacial score (nSPS) is 21.0. The molecule has 0 radical (unpaired) electrons. The van der Waals surface area contributed by atoms with E-state index in [2.05, 4.69) is 26.2 Å². The van der Waals surface area contributed by atoms with E-state index >= 15 is 0 Å². The van der Waals surface area contributed by atoms with Crippen molar-refractivity contribution in [3.63, 3.8) is 0 Å². The van der Waals surface area contributed by atoms with Gasteiger partial charge in [0, 0.05) is 25.1 Å². The van der Waals surface area contributed by atoms with E-state index in [1.165, 1.54) is 19.2 Å². The van der Waals surface area contributed by atoms with Gasteiger partial charge in [0.25, 0.3) is 0 Å². The molecule has 1 saturated heterocycles. The molecule has 0 aromatic heterocycles. The van der Waals surface area contributed by atoms with E-state index in [-0.39, 0.29) is 0 Å². The lowest BCUT2D eigenvalue weighted by Gasteiger charge is -2.33. The maximum atomic E-state index is 4.60. The molecule has 4 nitrogen and oxygen atoms in total. The molecule has 1 heterocycles. The molecule has 0 bridgehead atoms. The van der Waals surface area contributed by atoms with Crippen LogP contribution in [0.5, 0.6) is 0 Å². The van der Waals surface area contributed by atoms with Crippen molar-refractivity contribution in [1.82, 2.24) is 4.90 Å². The highest BCUT2D eigenvalue weighted by Gasteiger charge is 2.24. The van der Waals surface area contributed by atoms with Gasteiger partial charge in [-0.2, -0.15) is 0 Å². The first-order valence-electron chi connectivity index (χ1n) is 3.04. The van der Waals surface area contributed by atoms with Crippen molar-refractivity contribution in [1.29, 1.82) is 0 Å². The van der Waals surface area contributed by atoms with Crippen LogP contribution in [0.4, 0.5) is 0 Å². The first kappa shape index (κ1) is 8.29. The average Bonchev–Trinajstić information content (AvgIpc) is 1.85. The van der Waals surface area contributed by atoms with Crippen LogP contribution in [-0.2, 0) is 14.3 Å². The Labute approximate surface area is 64.5 Å². The number of likely N-dealkylation sites (tertiary alicyclic amines) is 1. The monoisotopic (exact) mass is 165 g/mol. The largest absolute Gasteiger partial charge is 0.304 e. The molecule has 1 aliphatic rings. The van der Waals surface area contributed by atoms with Crippen molar-refractivity contribution >= 4 is 12.0 Å². The molecule has 0 aliphatic carbocycles. The van der Waals surface area contributed by atoms with Crippen molar-refractivity contribution < 1.29 is 14.3 Å². The Balaban J connectivity index is 1.86. The fraction of sp³-hybridized carbons (Fsp3) is 1.00. The lowest BCUT2D eigenvalue weighted by molar-refractivity contribution is -0.447. The molecule has 0 spiro atoms. The van der Waals surface area contributed by atoms with Gasteiger partial charge >= 0.3 is 0 Å². The summed E-state index contributed by atoms with van der Waals surface area (Å²) in [5, 5.41) is 4.75. The van der Waals surface area contributed by atoms with E-state index in [1.54, 1.807) is 0 Å². The summed E-state index contributed by atoms with van der Waals surface area (Å²) < 4.78 is 4.60. The highest BCUT2D eigenvalue weighted by atomic mass is 32.2. The molecule has 1 aliphatic heterocycles. The van der Waals surface area contributed by atoms with Gasteiger partial charge < -0.3 is 4.90 Å². The SMILES string of the molecule is COOOSC1CN(C)C1. The average molecular weight is 165 g/mol. The smallest absolute Gasteiger partial charge is 0.0744 e. The Hall–Kier alpha value is 0.190. The molecule has 10 heavy (non-hydrogen) atoms. The van der Waals surface area contributed by atoms with Crippen molar-refractivity contribution in [2.75, 3.05) is 27.2 Å². The Bertz CT molecular complexity index is 96.9. The van der Waals surface area contributed by atoms with E-state index in [9.17, 15) is 0 Å². The molecular weight excluding hydrogens is 154 g/mol. The second-order valence-electron chi connectivity index (χ2n) is 2.24. The fourth-order valence-corrected chi connectivity index (χ4v) is 1.63. The molecule has 5 heteroatoms. The van der Waals surface area contributed by atoms with Gasteiger partial charge in [0.15, 0.2) is 0 Å². The van der Waals surface area contributed by atoms with E-state index in [4.69, 9.17) is 0 Å². The van der Waals surface area contributed by atoms with E-state index in [1.807, 2.05) is 0 Å². The first-order valence-corrected chi connectivity index (χ1v) is 3.84. The van der Waals surface area contributed by atoms with Crippen LogP contribution < -0.4 is 0 Å². The van der Waals surface area contributed by atoms with Crippen LogP contribution in [0.2, 0.25) is 0 Å². The lowest BCUT2D eigenvalue weighted by atomic mass is 10.2. The molecule has 0 unspecified atom stereocenters. The Morgan fingerprint density at radius 2 is 2.20 bits per heavy atom. The maximum Gasteiger partial charge on any atom is 0.0744 e. The van der Waals surface area contributed by atoms with Gasteiger partial charge in [-0.05, 0) is 7.05 Å². The van der Waals surface area contributed by atoms with Gasteiger partial charge in [-0.15, -0.1) is 4.33 Å². The number of rotatable bonds is 4. The van der Waals surface area contributed by atoms with Crippen LogP contribution in [-0.4, -0.2) is 37.4 Å². The summed E-state index contributed by atoms with van der Waals surface area (Å²) >= 11 is 1.30. The molecule has 0 aromatic carbocycles. The molecule has 0 N–H and O–H groups in total. The molecule has 60 valence electrons. The predicted octanol–water partition coefficient (Wildman–Crippen LogP) is 0.458. The van der Waals surface area contributed by atoms with E-state index < -0.39 is 0 Å². The zero-order chi connectivity index (χ0) is 7.40. The standard InChI is InChI=1S/C5H11NO3S/c1-6-3-5(4-6)10-9-8-7-2/h5H,3-4H2,1-2H3. The van der Waals surface area contributed by atoms with Gasteiger partial charge in [0.05, 0.1) is 12.4 Å². The molecule has 1 rings (SSSR count). The molecule has 0 saturated carbocycles. The van der Waals surface area contributed by atoms with Crippen molar-refractivity contribution in [3.8, 4) is 0 Å². The van der Waals surface area contributed by atoms with Crippen molar-refractivity contribution in [2.24, 2.45) is 0 Å². The highest BCUT2D eigenvalue weighted by Crippen LogP contribution is 2.21. The molecule has 1 fully saturated rings. The van der Waals surface area contributed by atoms with Gasteiger partial charge in [-0.3, -0.25) is 0 Å². The second-order valence-corrected chi connectivity index (χ2v) is 3.24. The van der Waals surface area contributed by atoms with Crippen LogP contribution in [0, 0.1) is 0 Å². The molecule has 0 atom stereocenters. The number of hydrogen-bond donors (Lipinski definition) is 0. The minimum atomic E-state index is 0.528. The summed E-state index contributed by atoms with van der Waals surface area (Å²) in [6, 6.07) is 0. The quantitative estimate of drug-likeness (QED) is 0.261. The van der Waals surface area contributed by atoms with Crippen LogP contribution in [0.1, 0.15) is 0 Å². The highest BCUT2D eigenvalue weighted by molar-refractivity contribution is 7.95. The van der Waals surface area contributed by atoms with Crippen molar-refractivity contribution in [3.05, 3.63) is 0 Å². The van der Waals surface area contributed by atoms with Crippen LogP contribution >= 0.6 is 12.0 Å². The fourth-order valence-electron chi connectivity index (χ4n) is 0.802. The van der Waals surface area contributed by atoms with Crippen LogP contribution in [0.3, 0.4) is 0 Å². The van der Waals surface area contributed by atoms with E-state index in [0.717, 1.165) is 13.1 Å². The summed E-state index contributed by atoms with van der Waals surface area (Å²) in [5.41, 5.74) is 0. The topological polar surface area (TPSA) is 30.9 Å². The predicted molar refractivity (Wildman–Crippen MR) is 38.1 cm³/mol. The third-order valence-electron chi connectivity index (χ3n) is 1.30. The Kier molecular flexibility index (Phi) is 3.44. The lowest BCUT2D eigenvalue weighted by Crippen LogP contribution is -2.46. The number of nitrogens with zero attached hydrogens (tertiary/aromatic N) is 1. The van der Waals surface area contributed by atoms with Gasteiger partial charge in [-0.1, -0.05) is 5.04 Å². The van der Waals surface area contributed by atoms with Crippen LogP contribution in [0.25, 0.3) is 0 Å².